The average Bonchev–Trinajstić information content (AvgIpc) is 2.71. The fourth-order valence-electron chi connectivity index (χ4n) is 3.68. The van der Waals surface area contributed by atoms with Gasteiger partial charge in [-0.05, 0) is 35.7 Å². The summed E-state index contributed by atoms with van der Waals surface area (Å²) in [6.45, 7) is 4.04. The van der Waals surface area contributed by atoms with Gasteiger partial charge in [0.15, 0.2) is 0 Å². The van der Waals surface area contributed by atoms with Crippen LogP contribution in [0.2, 0.25) is 0 Å². The van der Waals surface area contributed by atoms with Crippen molar-refractivity contribution in [3.05, 3.63) is 42.5 Å². The first-order valence-electron chi connectivity index (χ1n) is 10.6. The van der Waals surface area contributed by atoms with E-state index in [2.05, 4.69) is 4.72 Å². The van der Waals surface area contributed by atoms with Crippen molar-refractivity contribution < 1.29 is 18.0 Å². The molecule has 0 saturated carbocycles. The van der Waals surface area contributed by atoms with Crippen molar-refractivity contribution in [1.29, 1.82) is 0 Å². The Kier molecular flexibility index (Phi) is 8.41. The molecule has 0 unspecified atom stereocenters. The highest BCUT2D eigenvalue weighted by Crippen LogP contribution is 2.33. The van der Waals surface area contributed by atoms with Gasteiger partial charge in [0.25, 0.3) is 10.0 Å². The molecule has 164 valence electrons. The van der Waals surface area contributed by atoms with E-state index >= 15 is 0 Å². The molecule has 2 amide bonds. The van der Waals surface area contributed by atoms with Crippen LogP contribution in [0.5, 0.6) is 0 Å². The monoisotopic (exact) mass is 432 g/mol. The zero-order valence-electron chi connectivity index (χ0n) is 17.8. The lowest BCUT2D eigenvalue weighted by molar-refractivity contribution is -0.141. The summed E-state index contributed by atoms with van der Waals surface area (Å²) < 4.78 is 28.0. The van der Waals surface area contributed by atoms with E-state index in [9.17, 15) is 18.0 Å². The largest absolute Gasteiger partial charge is 0.369 e. The second-order valence-corrected chi connectivity index (χ2v) is 9.49. The summed E-state index contributed by atoms with van der Waals surface area (Å²) in [5.74, 6) is -1.59. The molecule has 0 aliphatic heterocycles. The maximum Gasteiger partial charge on any atom is 0.264 e. The fourth-order valence-corrected chi connectivity index (χ4v) is 4.76. The minimum Gasteiger partial charge on any atom is -0.369 e. The van der Waals surface area contributed by atoms with Crippen LogP contribution < -0.4 is 10.5 Å². The van der Waals surface area contributed by atoms with Gasteiger partial charge in [0, 0.05) is 0 Å². The highest BCUT2D eigenvalue weighted by molar-refractivity contribution is 7.90. The first-order chi connectivity index (χ1) is 14.3. The van der Waals surface area contributed by atoms with E-state index in [4.69, 9.17) is 5.73 Å². The number of nitrogens with one attached hydrogen (secondary N) is 1. The Balaban J connectivity index is 2.33. The van der Waals surface area contributed by atoms with Crippen LogP contribution in [0.4, 0.5) is 0 Å². The first kappa shape index (κ1) is 23.9. The fraction of sp³-hybridized carbons (Fsp3) is 0.478. The Bertz CT molecular complexity index is 976. The van der Waals surface area contributed by atoms with Crippen LogP contribution in [0.15, 0.2) is 47.4 Å². The van der Waals surface area contributed by atoms with Gasteiger partial charge in [-0.2, -0.15) is 0 Å². The van der Waals surface area contributed by atoms with Crippen molar-refractivity contribution >= 4 is 32.6 Å². The lowest BCUT2D eigenvalue weighted by Crippen LogP contribution is -2.51. The Morgan fingerprint density at radius 1 is 0.900 bits per heavy atom. The van der Waals surface area contributed by atoms with Crippen LogP contribution in [0, 0.1) is 5.41 Å². The Morgan fingerprint density at radius 3 is 2.00 bits per heavy atom. The van der Waals surface area contributed by atoms with E-state index in [-0.39, 0.29) is 17.7 Å². The molecular formula is C23H32N2O4S. The van der Waals surface area contributed by atoms with Crippen molar-refractivity contribution in [2.75, 3.05) is 0 Å². The quantitative estimate of drug-likeness (QED) is 0.386. The lowest BCUT2D eigenvalue weighted by atomic mass is 9.76. The van der Waals surface area contributed by atoms with Crippen molar-refractivity contribution in [3.8, 4) is 0 Å². The molecule has 3 N–H and O–H groups in total. The minimum atomic E-state index is -4.14. The average molecular weight is 433 g/mol. The van der Waals surface area contributed by atoms with Crippen LogP contribution in [0.25, 0.3) is 10.8 Å². The predicted octanol–water partition coefficient (Wildman–Crippen LogP) is 4.28. The third-order valence-corrected chi connectivity index (χ3v) is 6.91. The Hall–Kier alpha value is -2.41. The van der Waals surface area contributed by atoms with Gasteiger partial charge in [0.05, 0.1) is 4.90 Å². The first-order valence-corrected chi connectivity index (χ1v) is 12.1. The molecule has 0 fully saturated rings. The summed E-state index contributed by atoms with van der Waals surface area (Å²) in [5.41, 5.74) is 4.15. The van der Waals surface area contributed by atoms with E-state index in [1.165, 1.54) is 12.1 Å². The highest BCUT2D eigenvalue weighted by Gasteiger charge is 2.44. The molecule has 0 radical (unpaired) electrons. The van der Waals surface area contributed by atoms with Gasteiger partial charge in [-0.3, -0.25) is 9.59 Å². The Morgan fingerprint density at radius 2 is 1.47 bits per heavy atom. The normalized spacial score (nSPS) is 12.1. The SMILES string of the molecule is CCCCCC(CCCCC)(C(N)=O)C(=O)NS(=O)(=O)c1ccc2ccccc2c1. The molecule has 0 atom stereocenters. The number of benzene rings is 2. The summed E-state index contributed by atoms with van der Waals surface area (Å²) in [7, 11) is -4.14. The topological polar surface area (TPSA) is 106 Å². The lowest BCUT2D eigenvalue weighted by Gasteiger charge is -2.29. The molecule has 0 aliphatic carbocycles. The highest BCUT2D eigenvalue weighted by atomic mass is 32.2. The number of carbonyl (C=O) groups is 2. The number of carbonyl (C=O) groups excluding carboxylic acids is 2. The number of primary amides is 1. The summed E-state index contributed by atoms with van der Waals surface area (Å²) >= 11 is 0. The van der Waals surface area contributed by atoms with Gasteiger partial charge in [-0.1, -0.05) is 82.7 Å². The van der Waals surface area contributed by atoms with Crippen LogP contribution in [0.3, 0.4) is 0 Å². The van der Waals surface area contributed by atoms with E-state index < -0.39 is 27.3 Å². The number of sulfonamides is 1. The molecule has 0 heterocycles. The predicted molar refractivity (Wildman–Crippen MR) is 119 cm³/mol. The molecule has 6 nitrogen and oxygen atoms in total. The third kappa shape index (κ3) is 5.59. The number of unbranched alkanes of at least 4 members (excludes halogenated alkanes) is 4. The molecule has 7 heteroatoms. The molecule has 0 spiro atoms. The van der Waals surface area contributed by atoms with Gasteiger partial charge in [-0.25, -0.2) is 13.1 Å². The molecular weight excluding hydrogens is 400 g/mol. The summed E-state index contributed by atoms with van der Waals surface area (Å²) in [6, 6.07) is 12.0. The van der Waals surface area contributed by atoms with Gasteiger partial charge >= 0.3 is 0 Å². The van der Waals surface area contributed by atoms with E-state index in [0.717, 1.165) is 36.5 Å². The number of rotatable bonds is 12. The van der Waals surface area contributed by atoms with Crippen LogP contribution in [0.1, 0.15) is 65.2 Å². The smallest absolute Gasteiger partial charge is 0.264 e. The molecule has 2 rings (SSSR count). The summed E-state index contributed by atoms with van der Waals surface area (Å²) in [5, 5.41) is 1.65. The van der Waals surface area contributed by atoms with Gasteiger partial charge in [0.1, 0.15) is 5.41 Å². The molecule has 2 aromatic carbocycles. The van der Waals surface area contributed by atoms with Gasteiger partial charge < -0.3 is 5.73 Å². The summed E-state index contributed by atoms with van der Waals surface area (Å²) in [4.78, 5) is 25.6. The minimum absolute atomic E-state index is 0.0185. The zero-order chi connectivity index (χ0) is 22.2. The van der Waals surface area contributed by atoms with Crippen molar-refractivity contribution in [1.82, 2.24) is 4.72 Å². The number of fused-ring (bicyclic) bond motifs is 1. The second-order valence-electron chi connectivity index (χ2n) is 7.80. The molecule has 30 heavy (non-hydrogen) atoms. The number of hydrogen-bond donors (Lipinski definition) is 2. The maximum absolute atomic E-state index is 13.2. The molecule has 2 aromatic rings. The number of amides is 2. The number of nitrogens with two attached hydrogens (primary N) is 1. The summed E-state index contributed by atoms with van der Waals surface area (Å²) in [6.07, 6.45) is 5.28. The van der Waals surface area contributed by atoms with E-state index in [1.54, 1.807) is 12.1 Å². The van der Waals surface area contributed by atoms with Gasteiger partial charge in [0.2, 0.25) is 11.8 Å². The second kappa shape index (κ2) is 10.6. The van der Waals surface area contributed by atoms with Crippen LogP contribution in [-0.4, -0.2) is 20.2 Å². The van der Waals surface area contributed by atoms with E-state index in [1.807, 2.05) is 32.0 Å². The van der Waals surface area contributed by atoms with Crippen molar-refractivity contribution in [3.63, 3.8) is 0 Å². The van der Waals surface area contributed by atoms with Crippen molar-refractivity contribution in [2.45, 2.75) is 70.1 Å². The zero-order valence-corrected chi connectivity index (χ0v) is 18.6. The third-order valence-electron chi connectivity index (χ3n) is 5.58. The molecule has 0 bridgehead atoms. The Labute approximate surface area is 179 Å². The van der Waals surface area contributed by atoms with Crippen molar-refractivity contribution in [2.24, 2.45) is 11.1 Å². The van der Waals surface area contributed by atoms with Gasteiger partial charge in [-0.15, -0.1) is 0 Å². The molecule has 0 saturated heterocycles. The maximum atomic E-state index is 13.2. The number of hydrogen-bond acceptors (Lipinski definition) is 4. The molecule has 0 aliphatic rings. The molecule has 0 aromatic heterocycles. The standard InChI is InChI=1S/C23H32N2O4S/c1-3-5-9-15-23(21(24)26,16-10-6-4-2)22(27)25-30(28,29)20-14-13-18-11-7-8-12-19(18)17-20/h7-8,11-14,17H,3-6,9-10,15-16H2,1-2H3,(H2,24,26)(H,25,27). The van der Waals surface area contributed by atoms with E-state index in [0.29, 0.717) is 12.8 Å². The van der Waals surface area contributed by atoms with Crippen LogP contribution in [-0.2, 0) is 19.6 Å². The van der Waals surface area contributed by atoms with Crippen LogP contribution >= 0.6 is 0 Å².